The average Bonchev–Trinajstić information content (AvgIpc) is 2.93. The van der Waals surface area contributed by atoms with Gasteiger partial charge in [0.2, 0.25) is 5.52 Å². The van der Waals surface area contributed by atoms with Gasteiger partial charge < -0.3 is 4.90 Å². The number of aromatic nitrogens is 1. The Morgan fingerprint density at radius 2 is 1.83 bits per heavy atom. The fourth-order valence-electron chi connectivity index (χ4n) is 3.25. The lowest BCUT2D eigenvalue weighted by atomic mass is 10.1. The number of fused-ring (bicyclic) bond motifs is 2. The molecule has 0 bridgehead atoms. The van der Waals surface area contributed by atoms with E-state index in [0.29, 0.717) is 0 Å². The van der Waals surface area contributed by atoms with E-state index < -0.39 is 0 Å². The molecule has 1 aliphatic rings. The highest BCUT2D eigenvalue weighted by atomic mass is 32.2. The third-order valence-corrected chi connectivity index (χ3v) is 5.64. The maximum Gasteiger partial charge on any atom is 0.213 e. The molecule has 2 heterocycles. The SMILES string of the molecule is CCC[n+]1ccc(/C=C2\Sc3ccccc3N2C)c2ccccc21. The first-order chi connectivity index (χ1) is 11.8. The molecule has 0 aliphatic carbocycles. The summed E-state index contributed by atoms with van der Waals surface area (Å²) >= 11 is 1.84. The van der Waals surface area contributed by atoms with Crippen LogP contribution in [0.1, 0.15) is 18.9 Å². The second-order valence-corrected chi connectivity index (χ2v) is 7.16. The van der Waals surface area contributed by atoms with Gasteiger partial charge in [-0.3, -0.25) is 0 Å². The van der Waals surface area contributed by atoms with Crippen LogP contribution in [0.5, 0.6) is 0 Å². The van der Waals surface area contributed by atoms with Gasteiger partial charge in [0.05, 0.1) is 16.1 Å². The molecule has 1 aliphatic heterocycles. The lowest BCUT2D eigenvalue weighted by molar-refractivity contribution is -0.671. The van der Waals surface area contributed by atoms with Crippen LogP contribution in [0.4, 0.5) is 5.69 Å². The van der Waals surface area contributed by atoms with Gasteiger partial charge >= 0.3 is 0 Å². The van der Waals surface area contributed by atoms with Gasteiger partial charge in [-0.05, 0) is 29.8 Å². The standard InChI is InChI=1S/C21H21N2S/c1-3-13-23-14-12-16(17-8-4-5-9-18(17)23)15-21-22(2)19-10-6-7-11-20(19)24-21/h4-12,14-15H,3,13H2,1-2H3/q+1. The van der Waals surface area contributed by atoms with Crippen LogP contribution in [0.2, 0.25) is 0 Å². The molecule has 24 heavy (non-hydrogen) atoms. The van der Waals surface area contributed by atoms with Crippen molar-refractivity contribution in [2.45, 2.75) is 24.8 Å². The molecule has 1 aromatic heterocycles. The second kappa shape index (κ2) is 6.33. The van der Waals surface area contributed by atoms with Crippen LogP contribution in [0.3, 0.4) is 0 Å². The first-order valence-electron chi connectivity index (χ1n) is 8.41. The summed E-state index contributed by atoms with van der Waals surface area (Å²) in [6.07, 6.45) is 5.66. The molecule has 0 atom stereocenters. The summed E-state index contributed by atoms with van der Waals surface area (Å²) in [5, 5.41) is 2.58. The first kappa shape index (κ1) is 15.3. The molecule has 120 valence electrons. The Bertz CT molecular complexity index is 930. The van der Waals surface area contributed by atoms with Crippen LogP contribution in [-0.2, 0) is 6.54 Å². The third-order valence-electron chi connectivity index (χ3n) is 4.47. The Morgan fingerprint density at radius 1 is 1.04 bits per heavy atom. The number of para-hydroxylation sites is 2. The summed E-state index contributed by atoms with van der Waals surface area (Å²) in [4.78, 5) is 3.61. The van der Waals surface area contributed by atoms with Gasteiger partial charge in [0.1, 0.15) is 6.54 Å². The molecular formula is C21H21N2S+. The van der Waals surface area contributed by atoms with Gasteiger partial charge in [0.25, 0.3) is 0 Å². The van der Waals surface area contributed by atoms with Crippen LogP contribution in [-0.4, -0.2) is 7.05 Å². The number of hydrogen-bond acceptors (Lipinski definition) is 2. The minimum atomic E-state index is 1.05. The van der Waals surface area contributed by atoms with E-state index in [2.05, 4.69) is 90.3 Å². The fourth-order valence-corrected chi connectivity index (χ4v) is 4.35. The van der Waals surface area contributed by atoms with Crippen molar-refractivity contribution in [2.24, 2.45) is 0 Å². The lowest BCUT2D eigenvalue weighted by Gasteiger charge is -2.13. The number of hydrogen-bond donors (Lipinski definition) is 0. The molecule has 3 heteroatoms. The van der Waals surface area contributed by atoms with E-state index in [1.165, 1.54) is 32.1 Å². The van der Waals surface area contributed by atoms with E-state index in [4.69, 9.17) is 0 Å². The zero-order valence-corrected chi connectivity index (χ0v) is 14.9. The molecule has 3 aromatic rings. The molecule has 2 aromatic carbocycles. The van der Waals surface area contributed by atoms with Crippen LogP contribution in [0.25, 0.3) is 17.0 Å². The van der Waals surface area contributed by atoms with Crippen molar-refractivity contribution >= 4 is 34.4 Å². The second-order valence-electron chi connectivity index (χ2n) is 6.09. The summed E-state index contributed by atoms with van der Waals surface area (Å²) in [6.45, 7) is 3.27. The smallest absolute Gasteiger partial charge is 0.213 e. The van der Waals surface area contributed by atoms with Gasteiger partial charge in [-0.25, -0.2) is 0 Å². The molecule has 4 rings (SSSR count). The Hall–Kier alpha value is -2.26. The van der Waals surface area contributed by atoms with Crippen molar-refractivity contribution in [3.63, 3.8) is 0 Å². The largest absolute Gasteiger partial charge is 0.338 e. The van der Waals surface area contributed by atoms with Crippen molar-refractivity contribution in [1.29, 1.82) is 0 Å². The number of rotatable bonds is 3. The third kappa shape index (κ3) is 2.59. The molecule has 0 saturated heterocycles. The summed E-state index contributed by atoms with van der Waals surface area (Å²) in [6, 6.07) is 19.5. The van der Waals surface area contributed by atoms with Crippen LogP contribution in [0.15, 0.2) is 70.7 Å². The predicted molar refractivity (Wildman–Crippen MR) is 103 cm³/mol. The normalized spacial score (nSPS) is 15.2. The number of thioether (sulfide) groups is 1. The quantitative estimate of drug-likeness (QED) is 0.617. The van der Waals surface area contributed by atoms with Crippen molar-refractivity contribution in [3.05, 3.63) is 71.4 Å². The number of pyridine rings is 1. The number of nitrogens with zero attached hydrogens (tertiary/aromatic N) is 2. The topological polar surface area (TPSA) is 7.12 Å². The predicted octanol–water partition coefficient (Wildman–Crippen LogP) is 5.08. The molecule has 0 amide bonds. The van der Waals surface area contributed by atoms with E-state index in [9.17, 15) is 0 Å². The molecule has 0 saturated carbocycles. The average molecular weight is 333 g/mol. The highest BCUT2D eigenvalue weighted by Gasteiger charge is 2.21. The lowest BCUT2D eigenvalue weighted by Crippen LogP contribution is -2.33. The van der Waals surface area contributed by atoms with Crippen molar-refractivity contribution < 1.29 is 4.57 Å². The van der Waals surface area contributed by atoms with Crippen LogP contribution < -0.4 is 9.47 Å². The number of benzene rings is 2. The molecule has 0 fully saturated rings. The summed E-state index contributed by atoms with van der Waals surface area (Å²) in [5.74, 6) is 0. The van der Waals surface area contributed by atoms with Crippen molar-refractivity contribution in [3.8, 4) is 0 Å². The molecular weight excluding hydrogens is 312 g/mol. The molecule has 0 spiro atoms. The zero-order valence-electron chi connectivity index (χ0n) is 14.1. The van der Waals surface area contributed by atoms with Crippen LogP contribution in [0, 0.1) is 0 Å². The molecule has 0 N–H and O–H groups in total. The fraction of sp³-hybridized carbons (Fsp3) is 0.190. The van der Waals surface area contributed by atoms with E-state index in [1.807, 2.05) is 11.8 Å². The highest BCUT2D eigenvalue weighted by molar-refractivity contribution is 8.03. The Balaban J connectivity index is 1.80. The molecule has 2 nitrogen and oxygen atoms in total. The monoisotopic (exact) mass is 333 g/mol. The van der Waals surface area contributed by atoms with Gasteiger partial charge in [-0.2, -0.15) is 4.57 Å². The minimum Gasteiger partial charge on any atom is -0.338 e. The van der Waals surface area contributed by atoms with E-state index in [1.54, 1.807) is 0 Å². The Morgan fingerprint density at radius 3 is 2.67 bits per heavy atom. The highest BCUT2D eigenvalue weighted by Crippen LogP contribution is 2.45. The first-order valence-corrected chi connectivity index (χ1v) is 9.23. The Labute approximate surface area is 147 Å². The molecule has 0 unspecified atom stereocenters. The van der Waals surface area contributed by atoms with Gasteiger partial charge in [0.15, 0.2) is 6.20 Å². The van der Waals surface area contributed by atoms with Gasteiger partial charge in [-0.15, -0.1) is 0 Å². The molecule has 0 radical (unpaired) electrons. The Kier molecular flexibility index (Phi) is 4.03. The van der Waals surface area contributed by atoms with Crippen molar-refractivity contribution in [2.75, 3.05) is 11.9 Å². The maximum absolute atomic E-state index is 2.34. The minimum absolute atomic E-state index is 1.05. The zero-order chi connectivity index (χ0) is 16.5. The number of aryl methyl sites for hydroxylation is 1. The number of anilines is 1. The van der Waals surface area contributed by atoms with Gasteiger partial charge in [0, 0.05) is 30.5 Å². The van der Waals surface area contributed by atoms with Gasteiger partial charge in [-0.1, -0.05) is 43.0 Å². The summed E-state index contributed by atoms with van der Waals surface area (Å²) in [7, 11) is 2.15. The van der Waals surface area contributed by atoms with E-state index >= 15 is 0 Å². The summed E-state index contributed by atoms with van der Waals surface area (Å²) in [5.41, 5.74) is 3.87. The maximum atomic E-state index is 2.34. The van der Waals surface area contributed by atoms with E-state index in [-0.39, 0.29) is 0 Å². The van der Waals surface area contributed by atoms with E-state index in [0.717, 1.165) is 13.0 Å². The van der Waals surface area contributed by atoms with Crippen molar-refractivity contribution in [1.82, 2.24) is 0 Å². The van der Waals surface area contributed by atoms with Crippen LogP contribution >= 0.6 is 11.8 Å². The summed E-state index contributed by atoms with van der Waals surface area (Å²) < 4.78 is 2.34.